The van der Waals surface area contributed by atoms with Crippen LogP contribution in [0.1, 0.15) is 24.1 Å². The first kappa shape index (κ1) is 18.6. The summed E-state index contributed by atoms with van der Waals surface area (Å²) in [5, 5.41) is 0.572. The van der Waals surface area contributed by atoms with Crippen LogP contribution in [0.5, 0.6) is 11.5 Å². The highest BCUT2D eigenvalue weighted by Crippen LogP contribution is 2.30. The number of methoxy groups -OCH3 is 2. The number of halogens is 1. The van der Waals surface area contributed by atoms with E-state index in [2.05, 4.69) is 4.72 Å². The Morgan fingerprint density at radius 2 is 1.67 bits per heavy atom. The number of sulfonamides is 1. The zero-order valence-corrected chi connectivity index (χ0v) is 15.3. The average Bonchev–Trinajstić information content (AvgIpc) is 2.55. The summed E-state index contributed by atoms with van der Waals surface area (Å²) in [5.74, 6) is 1.04. The monoisotopic (exact) mass is 369 g/mol. The molecule has 1 atom stereocenters. The summed E-state index contributed by atoms with van der Waals surface area (Å²) in [4.78, 5) is 0. The van der Waals surface area contributed by atoms with Crippen LogP contribution in [0.15, 0.2) is 42.5 Å². The smallest absolute Gasteiger partial charge is 0.216 e. The van der Waals surface area contributed by atoms with E-state index in [-0.39, 0.29) is 5.75 Å². The fraction of sp³-hybridized carbons (Fsp3) is 0.294. The molecule has 0 fully saturated rings. The molecule has 0 saturated heterocycles. The minimum Gasteiger partial charge on any atom is -0.493 e. The standard InChI is InChI=1S/C17H20ClNO4S/c1-12(14-6-9-16(22-2)17(10-14)23-3)19-24(20,21)11-13-4-7-15(18)8-5-13/h4-10,12,19H,11H2,1-3H3/t12-/m1/s1. The Morgan fingerprint density at radius 3 is 2.25 bits per heavy atom. The van der Waals surface area contributed by atoms with E-state index in [1.165, 1.54) is 7.11 Å². The van der Waals surface area contributed by atoms with Gasteiger partial charge in [-0.3, -0.25) is 0 Å². The predicted octanol–water partition coefficient (Wildman–Crippen LogP) is 3.54. The molecule has 24 heavy (non-hydrogen) atoms. The number of benzene rings is 2. The van der Waals surface area contributed by atoms with Gasteiger partial charge in [-0.05, 0) is 42.3 Å². The summed E-state index contributed by atoms with van der Waals surface area (Å²) in [5.41, 5.74) is 1.46. The molecule has 0 aliphatic carbocycles. The van der Waals surface area contributed by atoms with E-state index in [4.69, 9.17) is 21.1 Å². The quantitative estimate of drug-likeness (QED) is 0.810. The molecule has 0 amide bonds. The van der Waals surface area contributed by atoms with Crippen LogP contribution >= 0.6 is 11.6 Å². The van der Waals surface area contributed by atoms with Crippen LogP contribution < -0.4 is 14.2 Å². The second kappa shape index (κ2) is 7.88. The van der Waals surface area contributed by atoms with Gasteiger partial charge in [-0.2, -0.15) is 0 Å². The summed E-state index contributed by atoms with van der Waals surface area (Å²) >= 11 is 5.81. The van der Waals surface area contributed by atoms with E-state index in [9.17, 15) is 8.42 Å². The van der Waals surface area contributed by atoms with Gasteiger partial charge in [0, 0.05) is 11.1 Å². The van der Waals surface area contributed by atoms with Gasteiger partial charge < -0.3 is 9.47 Å². The van der Waals surface area contributed by atoms with Gasteiger partial charge in [0.25, 0.3) is 0 Å². The van der Waals surface area contributed by atoms with E-state index in [1.54, 1.807) is 56.5 Å². The number of rotatable bonds is 7. The minimum absolute atomic E-state index is 0.109. The van der Waals surface area contributed by atoms with Crippen molar-refractivity contribution in [3.8, 4) is 11.5 Å². The van der Waals surface area contributed by atoms with Crippen LogP contribution in [0.3, 0.4) is 0 Å². The number of hydrogen-bond acceptors (Lipinski definition) is 4. The molecule has 0 heterocycles. The average molecular weight is 370 g/mol. The molecule has 2 aromatic rings. The third kappa shape index (κ3) is 4.87. The van der Waals surface area contributed by atoms with Crippen LogP contribution in [0.2, 0.25) is 5.02 Å². The van der Waals surface area contributed by atoms with Gasteiger partial charge in [0.05, 0.1) is 20.0 Å². The molecule has 0 aliphatic rings. The fourth-order valence-corrected chi connectivity index (χ4v) is 3.82. The topological polar surface area (TPSA) is 64.6 Å². The van der Waals surface area contributed by atoms with Crippen molar-refractivity contribution < 1.29 is 17.9 Å². The molecule has 130 valence electrons. The molecule has 0 bridgehead atoms. The number of ether oxygens (including phenoxy) is 2. The van der Waals surface area contributed by atoms with Crippen molar-refractivity contribution in [1.29, 1.82) is 0 Å². The zero-order valence-electron chi connectivity index (χ0n) is 13.7. The molecule has 2 aromatic carbocycles. The zero-order chi connectivity index (χ0) is 17.7. The maximum absolute atomic E-state index is 12.3. The highest BCUT2D eigenvalue weighted by atomic mass is 35.5. The number of hydrogen-bond donors (Lipinski definition) is 1. The van der Waals surface area contributed by atoms with E-state index in [1.807, 2.05) is 0 Å². The Hall–Kier alpha value is -1.76. The maximum atomic E-state index is 12.3. The minimum atomic E-state index is -3.50. The Morgan fingerprint density at radius 1 is 1.04 bits per heavy atom. The summed E-state index contributed by atoms with van der Waals surface area (Å²) in [6, 6.07) is 11.6. The lowest BCUT2D eigenvalue weighted by molar-refractivity contribution is 0.354. The molecule has 7 heteroatoms. The van der Waals surface area contributed by atoms with Gasteiger partial charge in [0.1, 0.15) is 0 Å². The second-order valence-corrected chi connectivity index (χ2v) is 7.53. The van der Waals surface area contributed by atoms with Gasteiger partial charge in [-0.15, -0.1) is 0 Å². The molecule has 0 radical (unpaired) electrons. The Bertz CT molecular complexity index is 791. The molecular formula is C17H20ClNO4S. The van der Waals surface area contributed by atoms with E-state index < -0.39 is 16.1 Å². The van der Waals surface area contributed by atoms with Crippen LogP contribution in [-0.4, -0.2) is 22.6 Å². The normalized spacial score (nSPS) is 12.7. The van der Waals surface area contributed by atoms with Crippen molar-refractivity contribution >= 4 is 21.6 Å². The SMILES string of the molecule is COc1ccc([C@@H](C)NS(=O)(=O)Cc2ccc(Cl)cc2)cc1OC. The lowest BCUT2D eigenvalue weighted by Gasteiger charge is -2.17. The first-order chi connectivity index (χ1) is 11.3. The van der Waals surface area contributed by atoms with E-state index in [0.29, 0.717) is 22.1 Å². The molecule has 0 saturated carbocycles. The summed E-state index contributed by atoms with van der Waals surface area (Å²) in [6.07, 6.45) is 0. The van der Waals surface area contributed by atoms with Crippen molar-refractivity contribution in [2.75, 3.05) is 14.2 Å². The van der Waals surface area contributed by atoms with Crippen molar-refractivity contribution in [2.45, 2.75) is 18.7 Å². The highest BCUT2D eigenvalue weighted by molar-refractivity contribution is 7.88. The van der Waals surface area contributed by atoms with Gasteiger partial charge in [-0.25, -0.2) is 13.1 Å². The Labute approximate surface area is 147 Å². The summed E-state index contributed by atoms with van der Waals surface area (Å²) < 4.78 is 37.8. The summed E-state index contributed by atoms with van der Waals surface area (Å²) in [6.45, 7) is 1.78. The van der Waals surface area contributed by atoms with E-state index in [0.717, 1.165) is 5.56 Å². The van der Waals surface area contributed by atoms with Gasteiger partial charge >= 0.3 is 0 Å². The van der Waals surface area contributed by atoms with Crippen molar-refractivity contribution in [3.05, 3.63) is 58.6 Å². The van der Waals surface area contributed by atoms with Crippen LogP contribution in [0, 0.1) is 0 Å². The van der Waals surface area contributed by atoms with Crippen molar-refractivity contribution in [1.82, 2.24) is 4.72 Å². The lowest BCUT2D eigenvalue weighted by atomic mass is 10.1. The second-order valence-electron chi connectivity index (χ2n) is 5.34. The first-order valence-corrected chi connectivity index (χ1v) is 9.34. The molecule has 5 nitrogen and oxygen atoms in total. The number of nitrogens with one attached hydrogen (secondary N) is 1. The van der Waals surface area contributed by atoms with Gasteiger partial charge in [-0.1, -0.05) is 29.8 Å². The molecule has 1 N–H and O–H groups in total. The van der Waals surface area contributed by atoms with Crippen LogP contribution in [-0.2, 0) is 15.8 Å². The molecule has 2 rings (SSSR count). The van der Waals surface area contributed by atoms with E-state index >= 15 is 0 Å². The third-order valence-electron chi connectivity index (χ3n) is 3.53. The molecular weight excluding hydrogens is 350 g/mol. The first-order valence-electron chi connectivity index (χ1n) is 7.31. The fourth-order valence-electron chi connectivity index (χ4n) is 2.30. The molecule has 0 aliphatic heterocycles. The molecule has 0 aromatic heterocycles. The Balaban J connectivity index is 2.12. The lowest BCUT2D eigenvalue weighted by Crippen LogP contribution is -2.28. The summed E-state index contributed by atoms with van der Waals surface area (Å²) in [7, 11) is -0.405. The molecule has 0 unspecified atom stereocenters. The van der Waals surface area contributed by atoms with Crippen molar-refractivity contribution in [2.24, 2.45) is 0 Å². The third-order valence-corrected chi connectivity index (χ3v) is 5.21. The van der Waals surface area contributed by atoms with Gasteiger partial charge in [0.15, 0.2) is 11.5 Å². The predicted molar refractivity (Wildman–Crippen MR) is 95.2 cm³/mol. The van der Waals surface area contributed by atoms with Crippen LogP contribution in [0.25, 0.3) is 0 Å². The molecule has 0 spiro atoms. The van der Waals surface area contributed by atoms with Crippen molar-refractivity contribution in [3.63, 3.8) is 0 Å². The maximum Gasteiger partial charge on any atom is 0.216 e. The largest absolute Gasteiger partial charge is 0.493 e. The highest BCUT2D eigenvalue weighted by Gasteiger charge is 2.18. The van der Waals surface area contributed by atoms with Gasteiger partial charge in [0.2, 0.25) is 10.0 Å². The Kier molecular flexibility index (Phi) is 6.10. The van der Waals surface area contributed by atoms with Crippen LogP contribution in [0.4, 0.5) is 0 Å².